The number of halogens is 1. The summed E-state index contributed by atoms with van der Waals surface area (Å²) >= 11 is 3.52. The van der Waals surface area contributed by atoms with E-state index < -0.39 is 0 Å². The summed E-state index contributed by atoms with van der Waals surface area (Å²) in [5.41, 5.74) is 1.34. The van der Waals surface area contributed by atoms with E-state index in [1.54, 1.807) is 0 Å². The predicted octanol–water partition coefficient (Wildman–Crippen LogP) is 2.26. The maximum Gasteiger partial charge on any atom is 0.0534 e. The molecule has 0 unspecified atom stereocenters. The van der Waals surface area contributed by atoms with Crippen molar-refractivity contribution in [2.24, 2.45) is 0 Å². The molecule has 0 saturated heterocycles. The Bertz CT molecular complexity index is 307. The van der Waals surface area contributed by atoms with E-state index in [1.165, 1.54) is 18.4 Å². The molecule has 0 amide bonds. The summed E-state index contributed by atoms with van der Waals surface area (Å²) in [6.45, 7) is 5.27. The Morgan fingerprint density at radius 2 is 2.40 bits per heavy atom. The van der Waals surface area contributed by atoms with Crippen LogP contribution in [-0.2, 0) is 13.1 Å². The van der Waals surface area contributed by atoms with E-state index in [-0.39, 0.29) is 0 Å². The Balaban J connectivity index is 1.92. The molecule has 1 aromatic heterocycles. The van der Waals surface area contributed by atoms with Crippen LogP contribution in [0.3, 0.4) is 0 Å². The number of aromatic nitrogens is 2. The van der Waals surface area contributed by atoms with Gasteiger partial charge in [-0.05, 0) is 19.8 Å². The summed E-state index contributed by atoms with van der Waals surface area (Å²) in [5, 5.41) is 5.37. The van der Waals surface area contributed by atoms with Crippen molar-refractivity contribution in [2.45, 2.75) is 38.9 Å². The second kappa shape index (κ2) is 5.12. The quantitative estimate of drug-likeness (QED) is 0.741. The molecule has 0 aromatic carbocycles. The lowest BCUT2D eigenvalue weighted by Gasteiger charge is -2.19. The van der Waals surface area contributed by atoms with Crippen LogP contribution >= 0.6 is 15.9 Å². The highest BCUT2D eigenvalue weighted by Crippen LogP contribution is 2.28. The molecule has 2 rings (SSSR count). The maximum atomic E-state index is 4.31. The van der Waals surface area contributed by atoms with Crippen LogP contribution in [-0.4, -0.2) is 32.6 Å². The predicted molar refractivity (Wildman–Crippen MR) is 65.1 cm³/mol. The van der Waals surface area contributed by atoms with Gasteiger partial charge in [0.25, 0.3) is 0 Å². The largest absolute Gasteiger partial charge is 0.295 e. The summed E-state index contributed by atoms with van der Waals surface area (Å²) in [6.07, 6.45) is 6.89. The Hall–Kier alpha value is -0.350. The fourth-order valence-electron chi connectivity index (χ4n) is 1.83. The lowest BCUT2D eigenvalue weighted by atomic mass is 10.3. The standard InChI is InChI=1S/C11H18BrN3/c1-2-15-9-10(7-13-15)8-14(6-5-12)11-3-4-11/h7,9,11H,2-6,8H2,1H3. The van der Waals surface area contributed by atoms with Gasteiger partial charge in [0, 0.05) is 42.8 Å². The normalized spacial score (nSPS) is 16.2. The molecule has 0 N–H and O–H groups in total. The Kier molecular flexibility index (Phi) is 3.81. The second-order valence-electron chi connectivity index (χ2n) is 4.09. The number of nitrogens with zero attached hydrogens (tertiary/aromatic N) is 3. The van der Waals surface area contributed by atoms with Gasteiger partial charge < -0.3 is 0 Å². The number of rotatable bonds is 6. The lowest BCUT2D eigenvalue weighted by Crippen LogP contribution is -2.27. The van der Waals surface area contributed by atoms with Gasteiger partial charge in [0.05, 0.1) is 6.20 Å². The van der Waals surface area contributed by atoms with Crippen LogP contribution in [0, 0.1) is 0 Å². The second-order valence-corrected chi connectivity index (χ2v) is 4.89. The molecule has 84 valence electrons. The van der Waals surface area contributed by atoms with E-state index in [0.717, 1.165) is 31.0 Å². The molecule has 1 aliphatic carbocycles. The first kappa shape index (κ1) is 11.1. The SMILES string of the molecule is CCn1cc(CN(CCBr)C2CC2)cn1. The van der Waals surface area contributed by atoms with Crippen LogP contribution in [0.5, 0.6) is 0 Å². The molecule has 0 bridgehead atoms. The van der Waals surface area contributed by atoms with Crippen molar-refractivity contribution in [3.63, 3.8) is 0 Å². The van der Waals surface area contributed by atoms with Crippen molar-refractivity contribution >= 4 is 15.9 Å². The Morgan fingerprint density at radius 1 is 1.60 bits per heavy atom. The smallest absolute Gasteiger partial charge is 0.0534 e. The molecular formula is C11H18BrN3. The third-order valence-electron chi connectivity index (χ3n) is 2.83. The molecule has 1 aliphatic rings. The third-order valence-corrected chi connectivity index (χ3v) is 3.19. The molecule has 4 heteroatoms. The topological polar surface area (TPSA) is 21.1 Å². The van der Waals surface area contributed by atoms with E-state index in [1.807, 2.05) is 10.9 Å². The van der Waals surface area contributed by atoms with E-state index in [4.69, 9.17) is 0 Å². The molecule has 1 heterocycles. The fraction of sp³-hybridized carbons (Fsp3) is 0.727. The molecule has 0 atom stereocenters. The van der Waals surface area contributed by atoms with Crippen molar-refractivity contribution < 1.29 is 0 Å². The first-order valence-corrected chi connectivity index (χ1v) is 6.77. The van der Waals surface area contributed by atoms with Crippen LogP contribution in [0.4, 0.5) is 0 Å². The summed E-state index contributed by atoms with van der Waals surface area (Å²) in [7, 11) is 0. The minimum Gasteiger partial charge on any atom is -0.295 e. The maximum absolute atomic E-state index is 4.31. The summed E-state index contributed by atoms with van der Waals surface area (Å²) in [4.78, 5) is 2.55. The molecular weight excluding hydrogens is 254 g/mol. The minimum absolute atomic E-state index is 0.826. The van der Waals surface area contributed by atoms with E-state index in [9.17, 15) is 0 Å². The van der Waals surface area contributed by atoms with Crippen molar-refractivity contribution in [1.82, 2.24) is 14.7 Å². The zero-order valence-electron chi connectivity index (χ0n) is 9.19. The Morgan fingerprint density at radius 3 is 2.93 bits per heavy atom. The molecule has 0 aliphatic heterocycles. The van der Waals surface area contributed by atoms with Gasteiger partial charge in [0.1, 0.15) is 0 Å². The van der Waals surface area contributed by atoms with Gasteiger partial charge in [0.2, 0.25) is 0 Å². The van der Waals surface area contributed by atoms with Crippen molar-refractivity contribution in [1.29, 1.82) is 0 Å². The number of hydrogen-bond donors (Lipinski definition) is 0. The average Bonchev–Trinajstić information content (AvgIpc) is 2.99. The van der Waals surface area contributed by atoms with Gasteiger partial charge in [-0.3, -0.25) is 9.58 Å². The molecule has 0 radical (unpaired) electrons. The van der Waals surface area contributed by atoms with E-state index in [0.29, 0.717) is 0 Å². The van der Waals surface area contributed by atoms with E-state index >= 15 is 0 Å². The monoisotopic (exact) mass is 271 g/mol. The van der Waals surface area contributed by atoms with Crippen molar-refractivity contribution in [3.8, 4) is 0 Å². The van der Waals surface area contributed by atoms with Crippen LogP contribution in [0.1, 0.15) is 25.3 Å². The highest BCUT2D eigenvalue weighted by atomic mass is 79.9. The van der Waals surface area contributed by atoms with Gasteiger partial charge in [-0.1, -0.05) is 15.9 Å². The number of hydrogen-bond acceptors (Lipinski definition) is 2. The minimum atomic E-state index is 0.826. The van der Waals surface area contributed by atoms with Gasteiger partial charge >= 0.3 is 0 Å². The first-order valence-electron chi connectivity index (χ1n) is 5.65. The summed E-state index contributed by atoms with van der Waals surface area (Å²) < 4.78 is 1.99. The highest BCUT2D eigenvalue weighted by Gasteiger charge is 2.28. The molecule has 1 fully saturated rings. The van der Waals surface area contributed by atoms with Crippen LogP contribution in [0.15, 0.2) is 12.4 Å². The van der Waals surface area contributed by atoms with Gasteiger partial charge in [-0.25, -0.2) is 0 Å². The number of aryl methyl sites for hydroxylation is 1. The summed E-state index contributed by atoms with van der Waals surface area (Å²) in [5.74, 6) is 0. The Labute approximate surface area is 99.6 Å². The van der Waals surface area contributed by atoms with Gasteiger partial charge in [-0.2, -0.15) is 5.10 Å². The first-order chi connectivity index (χ1) is 7.33. The molecule has 1 aromatic rings. The van der Waals surface area contributed by atoms with Crippen LogP contribution < -0.4 is 0 Å². The van der Waals surface area contributed by atoms with Gasteiger partial charge in [0.15, 0.2) is 0 Å². The lowest BCUT2D eigenvalue weighted by molar-refractivity contribution is 0.272. The zero-order valence-corrected chi connectivity index (χ0v) is 10.8. The van der Waals surface area contributed by atoms with Crippen LogP contribution in [0.2, 0.25) is 0 Å². The number of alkyl halides is 1. The zero-order chi connectivity index (χ0) is 10.7. The highest BCUT2D eigenvalue weighted by molar-refractivity contribution is 9.09. The fourth-order valence-corrected chi connectivity index (χ4v) is 2.29. The van der Waals surface area contributed by atoms with E-state index in [2.05, 4.69) is 39.0 Å². The molecule has 0 spiro atoms. The molecule has 3 nitrogen and oxygen atoms in total. The van der Waals surface area contributed by atoms with Crippen molar-refractivity contribution in [3.05, 3.63) is 18.0 Å². The third kappa shape index (κ3) is 3.05. The van der Waals surface area contributed by atoms with Crippen molar-refractivity contribution in [2.75, 3.05) is 11.9 Å². The molecule has 1 saturated carbocycles. The molecule has 15 heavy (non-hydrogen) atoms. The summed E-state index contributed by atoms with van der Waals surface area (Å²) in [6, 6.07) is 0.826. The van der Waals surface area contributed by atoms with Gasteiger partial charge in [-0.15, -0.1) is 0 Å². The van der Waals surface area contributed by atoms with Crippen LogP contribution in [0.25, 0.3) is 0 Å². The average molecular weight is 272 g/mol.